The van der Waals surface area contributed by atoms with E-state index in [0.717, 1.165) is 34.1 Å². The zero-order valence-corrected chi connectivity index (χ0v) is 13.0. The van der Waals surface area contributed by atoms with Crippen LogP contribution in [0.5, 0.6) is 0 Å². The standard InChI is InChI=1S/C12H13ClN4S2/c1-3-12(2)6-18-11(15-12)14-9-7(13)4-5-8-10(9)17-19-16-8/h4-5H,3,6H2,1-2H3,(H,14,15). The van der Waals surface area contributed by atoms with Crippen molar-refractivity contribution in [1.82, 2.24) is 8.75 Å². The van der Waals surface area contributed by atoms with E-state index in [2.05, 4.69) is 27.9 Å². The molecule has 1 aromatic heterocycles. The van der Waals surface area contributed by atoms with Crippen molar-refractivity contribution in [2.75, 3.05) is 11.1 Å². The average Bonchev–Trinajstić information content (AvgIpc) is 3.00. The number of halogens is 1. The minimum Gasteiger partial charge on any atom is -0.332 e. The van der Waals surface area contributed by atoms with Gasteiger partial charge in [0.2, 0.25) is 0 Å². The number of thioether (sulfide) groups is 1. The molecule has 0 radical (unpaired) electrons. The van der Waals surface area contributed by atoms with Crippen LogP contribution in [-0.2, 0) is 0 Å². The number of amidine groups is 1. The molecule has 19 heavy (non-hydrogen) atoms. The van der Waals surface area contributed by atoms with Crippen LogP contribution in [0.2, 0.25) is 5.02 Å². The number of nitrogens with one attached hydrogen (secondary N) is 1. The summed E-state index contributed by atoms with van der Waals surface area (Å²) in [6.45, 7) is 4.33. The van der Waals surface area contributed by atoms with E-state index in [4.69, 9.17) is 16.6 Å². The van der Waals surface area contributed by atoms with Gasteiger partial charge in [-0.3, -0.25) is 4.99 Å². The lowest BCUT2D eigenvalue weighted by Crippen LogP contribution is -2.20. The van der Waals surface area contributed by atoms with Gasteiger partial charge >= 0.3 is 0 Å². The number of benzene rings is 1. The average molecular weight is 313 g/mol. The molecule has 0 saturated carbocycles. The number of aliphatic imine (C=N–C) groups is 1. The Morgan fingerprint density at radius 3 is 3.00 bits per heavy atom. The smallest absolute Gasteiger partial charge is 0.161 e. The molecule has 100 valence electrons. The fourth-order valence-corrected chi connectivity index (χ4v) is 3.75. The summed E-state index contributed by atoms with van der Waals surface area (Å²) < 4.78 is 8.52. The van der Waals surface area contributed by atoms with Crippen molar-refractivity contribution in [3.63, 3.8) is 0 Å². The molecule has 0 aliphatic carbocycles. The summed E-state index contributed by atoms with van der Waals surface area (Å²) in [7, 11) is 0. The number of hydrogen-bond donors (Lipinski definition) is 1. The van der Waals surface area contributed by atoms with Crippen molar-refractivity contribution < 1.29 is 0 Å². The molecule has 4 nitrogen and oxygen atoms in total. The second kappa shape index (κ2) is 4.92. The van der Waals surface area contributed by atoms with Crippen molar-refractivity contribution in [1.29, 1.82) is 0 Å². The van der Waals surface area contributed by atoms with Gasteiger partial charge in [0.15, 0.2) is 5.17 Å². The van der Waals surface area contributed by atoms with E-state index in [1.807, 2.05) is 12.1 Å². The molecule has 1 aliphatic rings. The van der Waals surface area contributed by atoms with Gasteiger partial charge in [0.05, 0.1) is 28.0 Å². The Labute approximate surface area is 125 Å². The second-order valence-electron chi connectivity index (χ2n) is 4.74. The lowest BCUT2D eigenvalue weighted by Gasteiger charge is -2.15. The summed E-state index contributed by atoms with van der Waals surface area (Å²) in [6.07, 6.45) is 1.03. The summed E-state index contributed by atoms with van der Waals surface area (Å²) >= 11 is 9.17. The van der Waals surface area contributed by atoms with Gasteiger partial charge in [-0.1, -0.05) is 30.3 Å². The maximum Gasteiger partial charge on any atom is 0.161 e. The molecule has 0 saturated heterocycles. The topological polar surface area (TPSA) is 50.2 Å². The predicted molar refractivity (Wildman–Crippen MR) is 84.6 cm³/mol. The number of nitrogens with zero attached hydrogens (tertiary/aromatic N) is 3. The molecule has 7 heteroatoms. The highest BCUT2D eigenvalue weighted by Gasteiger charge is 2.29. The Balaban J connectivity index is 1.96. The molecule has 0 bridgehead atoms. The lowest BCUT2D eigenvalue weighted by molar-refractivity contribution is 0.523. The fourth-order valence-electron chi connectivity index (χ4n) is 1.83. The van der Waals surface area contributed by atoms with Crippen molar-refractivity contribution in [2.24, 2.45) is 4.99 Å². The Morgan fingerprint density at radius 1 is 1.42 bits per heavy atom. The molecular formula is C12H13ClN4S2. The van der Waals surface area contributed by atoms with Crippen LogP contribution in [0.4, 0.5) is 5.69 Å². The number of anilines is 1. The van der Waals surface area contributed by atoms with Gasteiger partial charge in [-0.15, -0.1) is 0 Å². The predicted octanol–water partition coefficient (Wildman–Crippen LogP) is 4.03. The van der Waals surface area contributed by atoms with Crippen LogP contribution < -0.4 is 5.32 Å². The molecule has 2 heterocycles. The van der Waals surface area contributed by atoms with Gasteiger partial charge in [0, 0.05) is 5.75 Å². The molecule has 0 amide bonds. The first kappa shape index (κ1) is 13.1. The Kier molecular flexibility index (Phi) is 3.41. The van der Waals surface area contributed by atoms with Crippen molar-refractivity contribution in [3.05, 3.63) is 17.2 Å². The molecule has 2 aromatic rings. The van der Waals surface area contributed by atoms with Crippen LogP contribution in [0.15, 0.2) is 17.1 Å². The van der Waals surface area contributed by atoms with Gasteiger partial charge in [0.25, 0.3) is 0 Å². The lowest BCUT2D eigenvalue weighted by atomic mass is 10.0. The monoisotopic (exact) mass is 312 g/mol. The quantitative estimate of drug-likeness (QED) is 0.909. The summed E-state index contributed by atoms with van der Waals surface area (Å²) in [4.78, 5) is 4.73. The largest absolute Gasteiger partial charge is 0.332 e. The Morgan fingerprint density at radius 2 is 2.26 bits per heavy atom. The van der Waals surface area contributed by atoms with Gasteiger partial charge < -0.3 is 5.32 Å². The molecule has 0 fully saturated rings. The second-order valence-corrected chi connectivity index (χ2v) is 6.64. The van der Waals surface area contributed by atoms with E-state index in [-0.39, 0.29) is 5.54 Å². The summed E-state index contributed by atoms with van der Waals surface area (Å²) in [6, 6.07) is 3.72. The first-order valence-corrected chi connectivity index (χ1v) is 8.11. The summed E-state index contributed by atoms with van der Waals surface area (Å²) in [5.74, 6) is 0.995. The van der Waals surface area contributed by atoms with Crippen LogP contribution in [0.1, 0.15) is 20.3 Å². The highest BCUT2D eigenvalue weighted by molar-refractivity contribution is 8.14. The third-order valence-electron chi connectivity index (χ3n) is 3.26. The van der Waals surface area contributed by atoms with Gasteiger partial charge in [-0.25, -0.2) is 0 Å². The van der Waals surface area contributed by atoms with E-state index in [1.54, 1.807) is 11.8 Å². The molecule has 1 aromatic carbocycles. The van der Waals surface area contributed by atoms with Crippen molar-refractivity contribution >= 4 is 57.0 Å². The normalized spacial score (nSPS) is 22.8. The van der Waals surface area contributed by atoms with Crippen LogP contribution in [0, 0.1) is 0 Å². The molecule has 1 unspecified atom stereocenters. The van der Waals surface area contributed by atoms with E-state index >= 15 is 0 Å². The Hall–Kier alpha value is -0.850. The number of hydrogen-bond acceptors (Lipinski definition) is 6. The van der Waals surface area contributed by atoms with Crippen LogP contribution >= 0.6 is 35.1 Å². The first-order chi connectivity index (χ1) is 9.11. The number of rotatable bonds is 2. The van der Waals surface area contributed by atoms with Gasteiger partial charge in [-0.2, -0.15) is 8.75 Å². The zero-order chi connectivity index (χ0) is 13.5. The highest BCUT2D eigenvalue weighted by Crippen LogP contribution is 2.34. The maximum absolute atomic E-state index is 6.25. The summed E-state index contributed by atoms with van der Waals surface area (Å²) in [5.41, 5.74) is 2.50. The zero-order valence-electron chi connectivity index (χ0n) is 10.6. The van der Waals surface area contributed by atoms with Crippen LogP contribution in [0.25, 0.3) is 11.0 Å². The third kappa shape index (κ3) is 2.44. The van der Waals surface area contributed by atoms with Crippen molar-refractivity contribution in [2.45, 2.75) is 25.8 Å². The fraction of sp³-hybridized carbons (Fsp3) is 0.417. The van der Waals surface area contributed by atoms with Gasteiger partial charge in [0.1, 0.15) is 11.0 Å². The van der Waals surface area contributed by atoms with E-state index in [1.165, 1.54) is 11.7 Å². The molecule has 0 spiro atoms. The third-order valence-corrected chi connectivity index (χ3v) is 5.35. The minimum absolute atomic E-state index is 0.0215. The number of aromatic nitrogens is 2. The molecule has 1 aliphatic heterocycles. The van der Waals surface area contributed by atoms with Crippen LogP contribution in [0.3, 0.4) is 0 Å². The summed E-state index contributed by atoms with van der Waals surface area (Å²) in [5, 5.41) is 4.87. The molecular weight excluding hydrogens is 300 g/mol. The number of fused-ring (bicyclic) bond motifs is 1. The SMILES string of the molecule is CCC1(C)CSC(Nc2c(Cl)ccc3nsnc23)=N1. The van der Waals surface area contributed by atoms with Gasteiger partial charge in [-0.05, 0) is 25.5 Å². The van der Waals surface area contributed by atoms with Crippen LogP contribution in [-0.4, -0.2) is 25.2 Å². The molecule has 1 atom stereocenters. The molecule has 1 N–H and O–H groups in total. The van der Waals surface area contributed by atoms with E-state index < -0.39 is 0 Å². The Bertz CT molecular complexity index is 654. The van der Waals surface area contributed by atoms with E-state index in [0.29, 0.717) is 5.02 Å². The van der Waals surface area contributed by atoms with E-state index in [9.17, 15) is 0 Å². The first-order valence-electron chi connectivity index (χ1n) is 6.02. The minimum atomic E-state index is 0.0215. The molecule has 3 rings (SSSR count). The maximum atomic E-state index is 6.25. The highest BCUT2D eigenvalue weighted by atomic mass is 35.5. The van der Waals surface area contributed by atoms with Crippen molar-refractivity contribution in [3.8, 4) is 0 Å².